The molecule has 0 atom stereocenters. The van der Waals surface area contributed by atoms with Gasteiger partial charge in [0.15, 0.2) is 0 Å². The number of benzene rings is 1. The number of rotatable bonds is 4. The second-order valence-corrected chi connectivity index (χ2v) is 6.34. The zero-order valence-electron chi connectivity index (χ0n) is 13.9. The summed E-state index contributed by atoms with van der Waals surface area (Å²) in [7, 11) is 0. The van der Waals surface area contributed by atoms with Crippen LogP contribution in [0.5, 0.6) is 0 Å². The molecule has 116 valence electrons. The molecule has 0 fully saturated rings. The minimum Gasteiger partial charge on any atom is -0.294 e. The summed E-state index contributed by atoms with van der Waals surface area (Å²) in [6.45, 7) is 9.67. The summed E-state index contributed by atoms with van der Waals surface area (Å²) in [5.41, 5.74) is 6.81. The molecule has 0 saturated heterocycles. The van der Waals surface area contributed by atoms with Gasteiger partial charge in [0.25, 0.3) is 0 Å². The van der Waals surface area contributed by atoms with Crippen LogP contribution < -0.4 is 0 Å². The first kappa shape index (κ1) is 15.2. The summed E-state index contributed by atoms with van der Waals surface area (Å²) in [6.07, 6.45) is 5.18. The third kappa shape index (κ3) is 3.20. The third-order valence-corrected chi connectivity index (χ3v) is 4.56. The largest absolute Gasteiger partial charge is 0.294 e. The molecule has 2 aromatic rings. The lowest BCUT2D eigenvalue weighted by Gasteiger charge is -2.29. The first-order valence-electron chi connectivity index (χ1n) is 8.28. The second kappa shape index (κ2) is 6.57. The topological polar surface area (TPSA) is 29.0 Å². The van der Waals surface area contributed by atoms with Crippen LogP contribution in [0, 0.1) is 13.8 Å². The van der Waals surface area contributed by atoms with Crippen LogP contribution in [0.15, 0.2) is 24.4 Å². The van der Waals surface area contributed by atoms with E-state index < -0.39 is 0 Å². The Labute approximate surface area is 133 Å². The standard InChI is InChI=1S/C19H25N3/c1-4-6-19-20-11-16-12-22(10-9-18(16)21-19)13-17-14(2)7-5-8-15(17)3/h5,7-8,11H,4,6,9-10,12-13H2,1-3H3. The van der Waals surface area contributed by atoms with Crippen molar-refractivity contribution in [1.29, 1.82) is 0 Å². The van der Waals surface area contributed by atoms with E-state index in [0.717, 1.165) is 44.7 Å². The Morgan fingerprint density at radius 3 is 2.68 bits per heavy atom. The van der Waals surface area contributed by atoms with Crippen LogP contribution in [0.1, 0.15) is 47.1 Å². The maximum Gasteiger partial charge on any atom is 0.128 e. The van der Waals surface area contributed by atoms with Crippen LogP contribution in [-0.4, -0.2) is 21.4 Å². The highest BCUT2D eigenvalue weighted by Crippen LogP contribution is 2.21. The normalized spacial score (nSPS) is 14.9. The molecule has 2 heterocycles. The summed E-state index contributed by atoms with van der Waals surface area (Å²) in [5, 5.41) is 0. The lowest BCUT2D eigenvalue weighted by atomic mass is 10.0. The fourth-order valence-corrected chi connectivity index (χ4v) is 3.22. The van der Waals surface area contributed by atoms with Crippen molar-refractivity contribution in [2.75, 3.05) is 6.54 Å². The van der Waals surface area contributed by atoms with Crippen molar-refractivity contribution < 1.29 is 0 Å². The average Bonchev–Trinajstić information content (AvgIpc) is 2.51. The quantitative estimate of drug-likeness (QED) is 0.863. The van der Waals surface area contributed by atoms with E-state index in [9.17, 15) is 0 Å². The molecule has 1 aliphatic heterocycles. The lowest BCUT2D eigenvalue weighted by molar-refractivity contribution is 0.241. The van der Waals surface area contributed by atoms with Crippen LogP contribution in [-0.2, 0) is 25.9 Å². The zero-order chi connectivity index (χ0) is 15.5. The molecule has 22 heavy (non-hydrogen) atoms. The highest BCUT2D eigenvalue weighted by Gasteiger charge is 2.19. The summed E-state index contributed by atoms with van der Waals surface area (Å²) < 4.78 is 0. The van der Waals surface area contributed by atoms with Gasteiger partial charge in [-0.05, 0) is 37.0 Å². The van der Waals surface area contributed by atoms with Crippen molar-refractivity contribution in [3.8, 4) is 0 Å². The molecule has 0 N–H and O–H groups in total. The van der Waals surface area contributed by atoms with Gasteiger partial charge in [-0.25, -0.2) is 9.97 Å². The molecular formula is C19H25N3. The van der Waals surface area contributed by atoms with E-state index >= 15 is 0 Å². The van der Waals surface area contributed by atoms with Crippen molar-refractivity contribution in [1.82, 2.24) is 14.9 Å². The number of aryl methyl sites for hydroxylation is 3. The summed E-state index contributed by atoms with van der Waals surface area (Å²) in [4.78, 5) is 11.8. The van der Waals surface area contributed by atoms with Gasteiger partial charge in [0.1, 0.15) is 5.82 Å². The number of hydrogen-bond acceptors (Lipinski definition) is 3. The Kier molecular flexibility index (Phi) is 4.53. The summed E-state index contributed by atoms with van der Waals surface area (Å²) in [6, 6.07) is 6.56. The van der Waals surface area contributed by atoms with Crippen molar-refractivity contribution in [2.45, 2.75) is 53.1 Å². The fraction of sp³-hybridized carbons (Fsp3) is 0.474. The minimum absolute atomic E-state index is 0.968. The van der Waals surface area contributed by atoms with Gasteiger partial charge >= 0.3 is 0 Å². The zero-order valence-corrected chi connectivity index (χ0v) is 13.9. The van der Waals surface area contributed by atoms with Crippen LogP contribution >= 0.6 is 0 Å². The predicted octanol–water partition coefficient (Wildman–Crippen LogP) is 3.60. The molecule has 0 radical (unpaired) electrons. The summed E-state index contributed by atoms with van der Waals surface area (Å²) >= 11 is 0. The Morgan fingerprint density at radius 2 is 1.95 bits per heavy atom. The van der Waals surface area contributed by atoms with E-state index in [-0.39, 0.29) is 0 Å². The highest BCUT2D eigenvalue weighted by molar-refractivity contribution is 5.33. The smallest absolute Gasteiger partial charge is 0.128 e. The molecule has 0 unspecified atom stereocenters. The van der Waals surface area contributed by atoms with Gasteiger partial charge in [0.2, 0.25) is 0 Å². The number of nitrogens with zero attached hydrogens (tertiary/aromatic N) is 3. The van der Waals surface area contributed by atoms with Gasteiger partial charge in [-0.15, -0.1) is 0 Å². The van der Waals surface area contributed by atoms with E-state index in [1.54, 1.807) is 0 Å². The van der Waals surface area contributed by atoms with Crippen molar-refractivity contribution in [2.24, 2.45) is 0 Å². The Bertz CT molecular complexity index is 643. The molecule has 1 aromatic heterocycles. The van der Waals surface area contributed by atoms with Crippen LogP contribution in [0.4, 0.5) is 0 Å². The summed E-state index contributed by atoms with van der Waals surface area (Å²) in [5.74, 6) is 1.00. The predicted molar refractivity (Wildman–Crippen MR) is 89.8 cm³/mol. The van der Waals surface area contributed by atoms with E-state index in [1.165, 1.54) is 27.9 Å². The molecule has 0 aliphatic carbocycles. The molecule has 1 aliphatic rings. The van der Waals surface area contributed by atoms with Gasteiger partial charge in [-0.1, -0.05) is 25.1 Å². The van der Waals surface area contributed by atoms with E-state index in [2.05, 4.69) is 48.9 Å². The van der Waals surface area contributed by atoms with E-state index in [1.807, 2.05) is 6.20 Å². The Morgan fingerprint density at radius 1 is 1.18 bits per heavy atom. The molecule has 1 aromatic carbocycles. The van der Waals surface area contributed by atoms with Crippen LogP contribution in [0.2, 0.25) is 0 Å². The molecule has 0 spiro atoms. The molecule has 0 bridgehead atoms. The molecular weight excluding hydrogens is 270 g/mol. The highest BCUT2D eigenvalue weighted by atomic mass is 15.1. The first-order valence-corrected chi connectivity index (χ1v) is 8.28. The maximum atomic E-state index is 4.74. The van der Waals surface area contributed by atoms with Crippen molar-refractivity contribution in [3.63, 3.8) is 0 Å². The first-order chi connectivity index (χ1) is 10.7. The van der Waals surface area contributed by atoms with Crippen molar-refractivity contribution >= 4 is 0 Å². The van der Waals surface area contributed by atoms with Gasteiger partial charge < -0.3 is 0 Å². The third-order valence-electron chi connectivity index (χ3n) is 4.56. The number of aromatic nitrogens is 2. The molecule has 0 amide bonds. The molecule has 0 saturated carbocycles. The van der Waals surface area contributed by atoms with Crippen LogP contribution in [0.3, 0.4) is 0 Å². The molecule has 3 rings (SSSR count). The maximum absolute atomic E-state index is 4.74. The Hall–Kier alpha value is -1.74. The van der Waals surface area contributed by atoms with Gasteiger partial charge in [-0.3, -0.25) is 4.90 Å². The Balaban J connectivity index is 1.74. The average molecular weight is 295 g/mol. The van der Waals surface area contributed by atoms with Crippen LogP contribution in [0.25, 0.3) is 0 Å². The van der Waals surface area contributed by atoms with Crippen molar-refractivity contribution in [3.05, 3.63) is 58.2 Å². The fourth-order valence-electron chi connectivity index (χ4n) is 3.22. The van der Waals surface area contributed by atoms with Gasteiger partial charge in [0, 0.05) is 49.9 Å². The van der Waals surface area contributed by atoms with E-state index in [4.69, 9.17) is 4.98 Å². The number of fused-ring (bicyclic) bond motifs is 1. The monoisotopic (exact) mass is 295 g/mol. The van der Waals surface area contributed by atoms with Gasteiger partial charge in [0.05, 0.1) is 0 Å². The molecule has 3 heteroatoms. The van der Waals surface area contributed by atoms with E-state index in [0.29, 0.717) is 0 Å². The lowest BCUT2D eigenvalue weighted by Crippen LogP contribution is -2.31. The minimum atomic E-state index is 0.968. The van der Waals surface area contributed by atoms with Gasteiger partial charge in [-0.2, -0.15) is 0 Å². The SMILES string of the molecule is CCCc1ncc2c(n1)CCN(Cc1c(C)cccc1C)C2. The number of hydrogen-bond donors (Lipinski definition) is 0. The second-order valence-electron chi connectivity index (χ2n) is 6.34. The molecule has 3 nitrogen and oxygen atoms in total.